The van der Waals surface area contributed by atoms with Crippen molar-refractivity contribution in [2.45, 2.75) is 6.42 Å². The number of aromatic nitrogens is 1. The molecule has 0 aromatic carbocycles. The summed E-state index contributed by atoms with van der Waals surface area (Å²) in [7, 11) is 1.66. The van der Waals surface area contributed by atoms with Gasteiger partial charge in [0.1, 0.15) is 12.2 Å². The van der Waals surface area contributed by atoms with Crippen molar-refractivity contribution < 1.29 is 4.39 Å². The summed E-state index contributed by atoms with van der Waals surface area (Å²) in [4.78, 5) is 12.0. The van der Waals surface area contributed by atoms with E-state index < -0.39 is 5.95 Å². The number of hydrogen-bond acceptors (Lipinski definition) is 5. The Labute approximate surface area is 115 Å². The minimum atomic E-state index is -0.507. The number of hydrogen-bond donors (Lipinski definition) is 2. The number of aliphatic imine (C=N–C) groups is 2. The standard InChI is InChI=1S/C14H14FN5/c1-17-12-5-9(6-18-13(12)15)8-2-3-11-10(4-8)14(16)20-7-19-11/h2-3,5-7,10,17H,4H2,1H3,(H2,16,19,20). The highest BCUT2D eigenvalue weighted by Crippen LogP contribution is 2.33. The molecule has 2 heterocycles. The van der Waals surface area contributed by atoms with E-state index in [4.69, 9.17) is 5.73 Å². The molecule has 0 radical (unpaired) electrons. The molecule has 1 aliphatic carbocycles. The van der Waals surface area contributed by atoms with Crippen molar-refractivity contribution in [3.8, 4) is 0 Å². The van der Waals surface area contributed by atoms with Crippen LogP contribution in [0.4, 0.5) is 10.1 Å². The Morgan fingerprint density at radius 2 is 2.25 bits per heavy atom. The fourth-order valence-electron chi connectivity index (χ4n) is 2.35. The summed E-state index contributed by atoms with van der Waals surface area (Å²) >= 11 is 0. The number of allylic oxidation sites excluding steroid dienone is 3. The summed E-state index contributed by atoms with van der Waals surface area (Å²) in [6.07, 6.45) is 7.57. The highest BCUT2D eigenvalue weighted by Gasteiger charge is 2.25. The molecule has 0 saturated carbocycles. The Kier molecular flexibility index (Phi) is 3.06. The lowest BCUT2D eigenvalue weighted by molar-refractivity contribution is 0.587. The maximum absolute atomic E-state index is 13.4. The summed E-state index contributed by atoms with van der Waals surface area (Å²) in [5.74, 6) is 0.0380. The molecule has 3 rings (SSSR count). The number of nitrogens with one attached hydrogen (secondary N) is 1. The highest BCUT2D eigenvalue weighted by molar-refractivity contribution is 5.95. The number of nitrogens with two attached hydrogens (primary N) is 1. The Morgan fingerprint density at radius 3 is 3.05 bits per heavy atom. The molecule has 0 saturated heterocycles. The summed E-state index contributed by atoms with van der Waals surface area (Å²) in [5, 5.41) is 2.79. The molecule has 0 fully saturated rings. The van der Waals surface area contributed by atoms with Gasteiger partial charge in [-0.2, -0.15) is 4.39 Å². The van der Waals surface area contributed by atoms with E-state index in [1.165, 1.54) is 12.5 Å². The Bertz CT molecular complexity index is 672. The lowest BCUT2D eigenvalue weighted by Gasteiger charge is -2.24. The van der Waals surface area contributed by atoms with Crippen molar-refractivity contribution in [3.05, 3.63) is 41.6 Å². The van der Waals surface area contributed by atoms with Gasteiger partial charge in [0.15, 0.2) is 0 Å². The van der Waals surface area contributed by atoms with E-state index in [2.05, 4.69) is 20.3 Å². The quantitative estimate of drug-likeness (QED) is 0.807. The first kappa shape index (κ1) is 12.5. The van der Waals surface area contributed by atoms with Crippen molar-refractivity contribution in [2.24, 2.45) is 21.6 Å². The van der Waals surface area contributed by atoms with E-state index in [-0.39, 0.29) is 5.92 Å². The molecule has 1 aromatic rings. The SMILES string of the molecule is CNc1cc(C2=CC=C3N=CN=C(N)C3C2)cnc1F. The van der Waals surface area contributed by atoms with Crippen molar-refractivity contribution in [1.29, 1.82) is 0 Å². The number of anilines is 1. The second-order valence-corrected chi connectivity index (χ2v) is 4.65. The molecular formula is C14H14FN5. The van der Waals surface area contributed by atoms with Gasteiger partial charge in [-0.05, 0) is 29.7 Å². The van der Waals surface area contributed by atoms with E-state index in [9.17, 15) is 4.39 Å². The second-order valence-electron chi connectivity index (χ2n) is 4.65. The van der Waals surface area contributed by atoms with Crippen LogP contribution in [0.25, 0.3) is 5.57 Å². The topological polar surface area (TPSA) is 75.7 Å². The summed E-state index contributed by atoms with van der Waals surface area (Å²) < 4.78 is 13.4. The maximum Gasteiger partial charge on any atom is 0.236 e. The third-order valence-electron chi connectivity index (χ3n) is 3.49. The van der Waals surface area contributed by atoms with Gasteiger partial charge in [0.25, 0.3) is 0 Å². The minimum Gasteiger partial charge on any atom is -0.387 e. The third-order valence-corrected chi connectivity index (χ3v) is 3.49. The molecular weight excluding hydrogens is 257 g/mol. The van der Waals surface area contributed by atoms with Crippen LogP contribution < -0.4 is 11.1 Å². The van der Waals surface area contributed by atoms with Crippen LogP contribution in [0.3, 0.4) is 0 Å². The van der Waals surface area contributed by atoms with Crippen LogP contribution in [0.15, 0.2) is 40.1 Å². The van der Waals surface area contributed by atoms with Gasteiger partial charge in [0.2, 0.25) is 5.95 Å². The predicted molar refractivity (Wildman–Crippen MR) is 78.0 cm³/mol. The largest absolute Gasteiger partial charge is 0.387 e. The maximum atomic E-state index is 13.4. The lowest BCUT2D eigenvalue weighted by Crippen LogP contribution is -2.28. The van der Waals surface area contributed by atoms with E-state index >= 15 is 0 Å². The summed E-state index contributed by atoms with van der Waals surface area (Å²) in [6.45, 7) is 0. The monoisotopic (exact) mass is 271 g/mol. The summed E-state index contributed by atoms with van der Waals surface area (Å²) in [5.41, 5.74) is 9.11. The number of pyridine rings is 1. The van der Waals surface area contributed by atoms with Gasteiger partial charge in [0.05, 0.1) is 17.3 Å². The average molecular weight is 271 g/mol. The number of fused-ring (bicyclic) bond motifs is 1. The van der Waals surface area contributed by atoms with Gasteiger partial charge in [-0.3, -0.25) is 0 Å². The number of nitrogens with zero attached hydrogens (tertiary/aromatic N) is 3. The molecule has 0 bridgehead atoms. The molecule has 1 aromatic heterocycles. The number of amidine groups is 1. The zero-order chi connectivity index (χ0) is 14.1. The molecule has 3 N–H and O–H groups in total. The number of rotatable bonds is 2. The molecule has 1 aliphatic heterocycles. The Hall–Kier alpha value is -2.50. The predicted octanol–water partition coefficient (Wildman–Crippen LogP) is 1.95. The van der Waals surface area contributed by atoms with Crippen molar-refractivity contribution in [1.82, 2.24) is 4.98 Å². The van der Waals surface area contributed by atoms with Crippen LogP contribution in [-0.4, -0.2) is 24.2 Å². The first-order chi connectivity index (χ1) is 9.69. The van der Waals surface area contributed by atoms with E-state index in [0.717, 1.165) is 16.8 Å². The van der Waals surface area contributed by atoms with E-state index in [1.807, 2.05) is 12.2 Å². The average Bonchev–Trinajstić information content (AvgIpc) is 2.48. The Balaban J connectivity index is 1.96. The van der Waals surface area contributed by atoms with Crippen LogP contribution >= 0.6 is 0 Å². The smallest absolute Gasteiger partial charge is 0.236 e. The minimum absolute atomic E-state index is 0.0110. The van der Waals surface area contributed by atoms with Gasteiger partial charge in [-0.25, -0.2) is 15.0 Å². The molecule has 0 spiro atoms. The van der Waals surface area contributed by atoms with Crippen LogP contribution in [0.2, 0.25) is 0 Å². The van der Waals surface area contributed by atoms with Crippen LogP contribution in [0, 0.1) is 11.9 Å². The van der Waals surface area contributed by atoms with E-state index in [0.29, 0.717) is 17.9 Å². The molecule has 102 valence electrons. The van der Waals surface area contributed by atoms with Crippen molar-refractivity contribution >= 4 is 23.4 Å². The fraction of sp³-hybridized carbons (Fsp3) is 0.214. The zero-order valence-electron chi connectivity index (χ0n) is 11.0. The highest BCUT2D eigenvalue weighted by atomic mass is 19.1. The van der Waals surface area contributed by atoms with Crippen LogP contribution in [0.1, 0.15) is 12.0 Å². The first-order valence-electron chi connectivity index (χ1n) is 6.29. The number of halogens is 1. The molecule has 6 heteroatoms. The van der Waals surface area contributed by atoms with Gasteiger partial charge in [0, 0.05) is 13.2 Å². The van der Waals surface area contributed by atoms with Crippen LogP contribution in [0.5, 0.6) is 0 Å². The van der Waals surface area contributed by atoms with Gasteiger partial charge in [-0.15, -0.1) is 0 Å². The van der Waals surface area contributed by atoms with Crippen LogP contribution in [-0.2, 0) is 0 Å². The molecule has 1 atom stereocenters. The normalized spacial score (nSPS) is 20.7. The lowest BCUT2D eigenvalue weighted by atomic mass is 9.87. The van der Waals surface area contributed by atoms with Gasteiger partial charge < -0.3 is 11.1 Å². The molecule has 2 aliphatic rings. The fourth-order valence-corrected chi connectivity index (χ4v) is 2.35. The van der Waals surface area contributed by atoms with Crippen molar-refractivity contribution in [2.75, 3.05) is 12.4 Å². The zero-order valence-corrected chi connectivity index (χ0v) is 11.0. The molecule has 1 unspecified atom stereocenters. The second kappa shape index (κ2) is 4.88. The first-order valence-corrected chi connectivity index (χ1v) is 6.29. The van der Waals surface area contributed by atoms with Gasteiger partial charge >= 0.3 is 0 Å². The Morgan fingerprint density at radius 1 is 1.40 bits per heavy atom. The molecule has 20 heavy (non-hydrogen) atoms. The molecule has 5 nitrogen and oxygen atoms in total. The van der Waals surface area contributed by atoms with Gasteiger partial charge in [-0.1, -0.05) is 6.08 Å². The molecule has 0 amide bonds. The van der Waals surface area contributed by atoms with Crippen molar-refractivity contribution in [3.63, 3.8) is 0 Å². The summed E-state index contributed by atoms with van der Waals surface area (Å²) in [6, 6.07) is 1.74. The van der Waals surface area contributed by atoms with E-state index in [1.54, 1.807) is 13.1 Å². The third kappa shape index (κ3) is 2.09.